The highest BCUT2D eigenvalue weighted by Crippen LogP contribution is 2.48. The summed E-state index contributed by atoms with van der Waals surface area (Å²) in [6.07, 6.45) is 1.06. The third-order valence-electron chi connectivity index (χ3n) is 2.95. The van der Waals surface area contributed by atoms with Crippen molar-refractivity contribution in [2.75, 3.05) is 0 Å². The van der Waals surface area contributed by atoms with Crippen molar-refractivity contribution in [1.82, 2.24) is 0 Å². The van der Waals surface area contributed by atoms with Crippen LogP contribution in [0.3, 0.4) is 0 Å². The van der Waals surface area contributed by atoms with Gasteiger partial charge in [-0.05, 0) is 17.9 Å². The maximum atomic E-state index is 11.7. The molecular weight excluding hydrogens is 172 g/mol. The van der Waals surface area contributed by atoms with Gasteiger partial charge in [-0.3, -0.25) is 4.79 Å². The van der Waals surface area contributed by atoms with E-state index >= 15 is 0 Å². The molecule has 0 heterocycles. The molecule has 0 unspecified atom stereocenters. The Morgan fingerprint density at radius 3 is 2.50 bits per heavy atom. The lowest BCUT2D eigenvalue weighted by atomic mass is 10.0. The monoisotopic (exact) mass is 188 g/mol. The Kier molecular flexibility index (Phi) is 2.40. The third kappa shape index (κ3) is 1.72. The Balaban J connectivity index is 2.03. The van der Waals surface area contributed by atoms with Gasteiger partial charge in [0.1, 0.15) is 5.78 Å². The van der Waals surface area contributed by atoms with Crippen LogP contribution in [0.5, 0.6) is 0 Å². The van der Waals surface area contributed by atoms with Crippen molar-refractivity contribution in [3.8, 4) is 0 Å². The summed E-state index contributed by atoms with van der Waals surface area (Å²) in [5.41, 5.74) is 1.33. The van der Waals surface area contributed by atoms with Gasteiger partial charge < -0.3 is 0 Å². The summed E-state index contributed by atoms with van der Waals surface area (Å²) in [4.78, 5) is 11.7. The fourth-order valence-corrected chi connectivity index (χ4v) is 2.01. The first-order chi connectivity index (χ1) is 6.70. The standard InChI is InChI=1S/C13H16O/c1-9(2)13(14)12-8-11(12)10-6-4-3-5-7-10/h3-7,9,11-12H,8H2,1-2H3/t11-,12+/m0/s1. The van der Waals surface area contributed by atoms with Crippen molar-refractivity contribution in [3.63, 3.8) is 0 Å². The van der Waals surface area contributed by atoms with Crippen LogP contribution in [0, 0.1) is 11.8 Å². The van der Waals surface area contributed by atoms with E-state index in [2.05, 4.69) is 12.1 Å². The van der Waals surface area contributed by atoms with Crippen LogP contribution in [-0.2, 0) is 4.79 Å². The van der Waals surface area contributed by atoms with E-state index in [9.17, 15) is 4.79 Å². The highest BCUT2D eigenvalue weighted by atomic mass is 16.1. The number of hydrogen-bond donors (Lipinski definition) is 0. The molecule has 0 radical (unpaired) electrons. The van der Waals surface area contributed by atoms with E-state index in [1.807, 2.05) is 32.0 Å². The molecule has 1 heteroatoms. The van der Waals surface area contributed by atoms with Crippen molar-refractivity contribution in [1.29, 1.82) is 0 Å². The average Bonchev–Trinajstić information content (AvgIpc) is 2.97. The molecule has 14 heavy (non-hydrogen) atoms. The molecule has 1 aromatic carbocycles. The Morgan fingerprint density at radius 2 is 1.93 bits per heavy atom. The van der Waals surface area contributed by atoms with Gasteiger partial charge in [0.05, 0.1) is 0 Å². The van der Waals surface area contributed by atoms with Crippen LogP contribution in [0.1, 0.15) is 31.7 Å². The maximum Gasteiger partial charge on any atom is 0.139 e. The quantitative estimate of drug-likeness (QED) is 0.712. The molecule has 1 aliphatic carbocycles. The first-order valence-electron chi connectivity index (χ1n) is 5.29. The van der Waals surface area contributed by atoms with E-state index < -0.39 is 0 Å². The molecule has 2 rings (SSSR count). The van der Waals surface area contributed by atoms with Crippen LogP contribution in [0.15, 0.2) is 30.3 Å². The van der Waals surface area contributed by atoms with Gasteiger partial charge in [0, 0.05) is 11.8 Å². The zero-order valence-corrected chi connectivity index (χ0v) is 8.73. The molecule has 2 atom stereocenters. The first-order valence-corrected chi connectivity index (χ1v) is 5.29. The van der Waals surface area contributed by atoms with Gasteiger partial charge in [-0.25, -0.2) is 0 Å². The van der Waals surface area contributed by atoms with Crippen molar-refractivity contribution < 1.29 is 4.79 Å². The Bertz CT molecular complexity index is 326. The second-order valence-corrected chi connectivity index (χ2v) is 4.42. The SMILES string of the molecule is CC(C)C(=O)[C@@H]1C[C@H]1c1ccccc1. The van der Waals surface area contributed by atoms with Gasteiger partial charge in [0.2, 0.25) is 0 Å². The molecule has 0 aromatic heterocycles. The predicted octanol–water partition coefficient (Wildman–Crippen LogP) is 3.02. The number of carbonyl (C=O) groups excluding carboxylic acids is 1. The fraction of sp³-hybridized carbons (Fsp3) is 0.462. The molecule has 1 saturated carbocycles. The van der Waals surface area contributed by atoms with Crippen molar-refractivity contribution >= 4 is 5.78 Å². The lowest BCUT2D eigenvalue weighted by Gasteiger charge is -2.02. The summed E-state index contributed by atoms with van der Waals surface area (Å²) in [7, 11) is 0. The topological polar surface area (TPSA) is 17.1 Å². The smallest absolute Gasteiger partial charge is 0.139 e. The van der Waals surface area contributed by atoms with Gasteiger partial charge in [-0.15, -0.1) is 0 Å². The zero-order chi connectivity index (χ0) is 10.1. The van der Waals surface area contributed by atoms with Gasteiger partial charge in [-0.2, -0.15) is 0 Å². The van der Waals surface area contributed by atoms with E-state index in [1.165, 1.54) is 5.56 Å². The maximum absolute atomic E-state index is 11.7. The Hall–Kier alpha value is -1.11. The molecular formula is C13H16O. The normalized spacial score (nSPS) is 25.1. The van der Waals surface area contributed by atoms with Crippen molar-refractivity contribution in [3.05, 3.63) is 35.9 Å². The number of Topliss-reactive ketones (excluding diaryl/α,β-unsaturated/α-hetero) is 1. The minimum absolute atomic E-state index is 0.189. The van der Waals surface area contributed by atoms with Gasteiger partial charge in [0.25, 0.3) is 0 Å². The number of rotatable bonds is 3. The minimum Gasteiger partial charge on any atom is -0.299 e. The number of hydrogen-bond acceptors (Lipinski definition) is 1. The largest absolute Gasteiger partial charge is 0.299 e. The van der Waals surface area contributed by atoms with Crippen LogP contribution in [0.25, 0.3) is 0 Å². The number of benzene rings is 1. The fourth-order valence-electron chi connectivity index (χ4n) is 2.01. The molecule has 0 bridgehead atoms. The van der Waals surface area contributed by atoms with E-state index in [1.54, 1.807) is 0 Å². The van der Waals surface area contributed by atoms with Crippen molar-refractivity contribution in [2.45, 2.75) is 26.2 Å². The number of ketones is 1. The second-order valence-electron chi connectivity index (χ2n) is 4.42. The highest BCUT2D eigenvalue weighted by Gasteiger charge is 2.43. The lowest BCUT2D eigenvalue weighted by molar-refractivity contribution is -0.123. The van der Waals surface area contributed by atoms with E-state index in [0.29, 0.717) is 17.6 Å². The van der Waals surface area contributed by atoms with Gasteiger partial charge >= 0.3 is 0 Å². The summed E-state index contributed by atoms with van der Waals surface area (Å²) in [6, 6.07) is 10.4. The molecule has 1 nitrogen and oxygen atoms in total. The summed E-state index contributed by atoms with van der Waals surface area (Å²) >= 11 is 0. The molecule has 1 aliphatic rings. The summed E-state index contributed by atoms with van der Waals surface area (Å²) in [5, 5.41) is 0. The molecule has 0 N–H and O–H groups in total. The van der Waals surface area contributed by atoms with Crippen molar-refractivity contribution in [2.24, 2.45) is 11.8 Å². The average molecular weight is 188 g/mol. The summed E-state index contributed by atoms with van der Waals surface area (Å²) < 4.78 is 0. The van der Waals surface area contributed by atoms with Crippen LogP contribution in [-0.4, -0.2) is 5.78 Å². The summed E-state index contributed by atoms with van der Waals surface area (Å²) in [6.45, 7) is 3.98. The lowest BCUT2D eigenvalue weighted by Crippen LogP contribution is -2.09. The van der Waals surface area contributed by atoms with Crippen LogP contribution >= 0.6 is 0 Å². The van der Waals surface area contributed by atoms with Crippen LogP contribution < -0.4 is 0 Å². The Labute approximate surface area is 85.1 Å². The van der Waals surface area contributed by atoms with E-state index in [-0.39, 0.29) is 5.92 Å². The molecule has 1 fully saturated rings. The minimum atomic E-state index is 0.189. The van der Waals surface area contributed by atoms with Gasteiger partial charge in [0.15, 0.2) is 0 Å². The molecule has 0 saturated heterocycles. The third-order valence-corrected chi connectivity index (χ3v) is 2.95. The number of carbonyl (C=O) groups is 1. The molecule has 1 aromatic rings. The van der Waals surface area contributed by atoms with Gasteiger partial charge in [-0.1, -0.05) is 44.2 Å². The van der Waals surface area contributed by atoms with Crippen LogP contribution in [0.2, 0.25) is 0 Å². The zero-order valence-electron chi connectivity index (χ0n) is 8.73. The molecule has 74 valence electrons. The molecule has 0 spiro atoms. The van der Waals surface area contributed by atoms with Crippen LogP contribution in [0.4, 0.5) is 0 Å². The molecule has 0 aliphatic heterocycles. The summed E-state index contributed by atoms with van der Waals surface area (Å²) in [5.74, 6) is 1.43. The second kappa shape index (κ2) is 3.56. The van der Waals surface area contributed by atoms with E-state index in [0.717, 1.165) is 6.42 Å². The highest BCUT2D eigenvalue weighted by molar-refractivity contribution is 5.86. The first kappa shape index (κ1) is 9.45. The van der Waals surface area contributed by atoms with E-state index in [4.69, 9.17) is 0 Å². The predicted molar refractivity (Wildman–Crippen MR) is 57.1 cm³/mol. The molecule has 0 amide bonds. The Morgan fingerprint density at radius 1 is 1.29 bits per heavy atom.